The Morgan fingerprint density at radius 2 is 2.12 bits per heavy atom. The molecular weight excluding hydrogens is 340 g/mol. The van der Waals surface area contributed by atoms with E-state index in [0.29, 0.717) is 23.6 Å². The number of aromatic nitrogens is 3. The number of ether oxygens (including phenoxy) is 2. The van der Waals surface area contributed by atoms with Crippen LogP contribution in [0.25, 0.3) is 0 Å². The van der Waals surface area contributed by atoms with E-state index < -0.39 is 0 Å². The molecule has 2 aromatic heterocycles. The minimum atomic E-state index is 0.101. The molecule has 4 rings (SSSR count). The summed E-state index contributed by atoms with van der Waals surface area (Å²) in [6.45, 7) is 6.22. The summed E-state index contributed by atoms with van der Waals surface area (Å²) in [6.07, 6.45) is 5.69. The van der Waals surface area contributed by atoms with Crippen LogP contribution in [0.1, 0.15) is 49.4 Å². The molecule has 4 heterocycles. The van der Waals surface area contributed by atoms with Crippen molar-refractivity contribution >= 4 is 17.3 Å². The predicted molar refractivity (Wildman–Crippen MR) is 95.7 cm³/mol. The topological polar surface area (TPSA) is 61.5 Å². The zero-order chi connectivity index (χ0) is 17.4. The lowest BCUT2D eigenvalue weighted by Crippen LogP contribution is -2.27. The van der Waals surface area contributed by atoms with Crippen LogP contribution in [0.5, 0.6) is 5.88 Å². The number of rotatable bonds is 4. The number of hydrogen-bond donors (Lipinski definition) is 0. The molecule has 0 atom stereocenters. The van der Waals surface area contributed by atoms with Gasteiger partial charge >= 0.3 is 0 Å². The van der Waals surface area contributed by atoms with E-state index in [9.17, 15) is 0 Å². The van der Waals surface area contributed by atoms with E-state index >= 15 is 0 Å². The molecule has 1 saturated heterocycles. The van der Waals surface area contributed by atoms with Gasteiger partial charge < -0.3 is 9.47 Å². The van der Waals surface area contributed by atoms with Crippen molar-refractivity contribution in [2.24, 2.45) is 4.99 Å². The van der Waals surface area contributed by atoms with E-state index in [4.69, 9.17) is 26.1 Å². The molecule has 0 N–H and O–H groups in total. The Morgan fingerprint density at radius 1 is 1.32 bits per heavy atom. The van der Waals surface area contributed by atoms with Gasteiger partial charge in [0.2, 0.25) is 5.88 Å². The van der Waals surface area contributed by atoms with Crippen LogP contribution in [-0.4, -0.2) is 39.8 Å². The molecule has 0 bridgehead atoms. The molecule has 132 valence electrons. The van der Waals surface area contributed by atoms with E-state index in [1.807, 2.05) is 23.1 Å². The number of hydrogen-bond acceptors (Lipinski definition) is 5. The van der Waals surface area contributed by atoms with Crippen molar-refractivity contribution in [2.75, 3.05) is 13.2 Å². The Bertz CT molecular complexity index is 809. The smallest absolute Gasteiger partial charge is 0.225 e. The van der Waals surface area contributed by atoms with Crippen molar-refractivity contribution in [3.63, 3.8) is 0 Å². The summed E-state index contributed by atoms with van der Waals surface area (Å²) in [5.74, 6) is 0.572. The third kappa shape index (κ3) is 3.28. The van der Waals surface area contributed by atoms with Crippen molar-refractivity contribution < 1.29 is 9.47 Å². The molecule has 2 aliphatic rings. The number of aliphatic imine (C=N–C) groups is 1. The van der Waals surface area contributed by atoms with Crippen LogP contribution in [0, 0.1) is 0 Å². The second-order valence-electron chi connectivity index (χ2n) is 6.68. The van der Waals surface area contributed by atoms with Crippen LogP contribution in [0.3, 0.4) is 0 Å². The summed E-state index contributed by atoms with van der Waals surface area (Å²) >= 11 is 6.20. The van der Waals surface area contributed by atoms with Gasteiger partial charge in [-0.05, 0) is 25.5 Å². The summed E-state index contributed by atoms with van der Waals surface area (Å²) in [7, 11) is 0. The summed E-state index contributed by atoms with van der Waals surface area (Å²) in [5.41, 5.74) is 3.86. The van der Waals surface area contributed by atoms with Crippen molar-refractivity contribution in [3.05, 3.63) is 40.3 Å². The average molecular weight is 361 g/mol. The Hall–Kier alpha value is -1.92. The molecular formula is C18H21ClN4O2. The fourth-order valence-electron chi connectivity index (χ4n) is 3.18. The highest BCUT2D eigenvalue weighted by molar-refractivity contribution is 6.30. The molecule has 0 unspecified atom stereocenters. The maximum atomic E-state index is 6.20. The first-order valence-electron chi connectivity index (χ1n) is 8.65. The maximum Gasteiger partial charge on any atom is 0.225 e. The van der Waals surface area contributed by atoms with Crippen LogP contribution in [0.4, 0.5) is 0 Å². The standard InChI is InChI=1S/C18H21ClN4O2/c1-11(2)23-10-13(9-21-23)17-16-12(8-20-17)7-15(19)22-18(16)25-14-3-5-24-6-4-14/h7,9-11,14H,3-6,8H2,1-2H3. The Labute approximate surface area is 151 Å². The molecule has 7 heteroatoms. The van der Waals surface area contributed by atoms with Gasteiger partial charge in [-0.3, -0.25) is 9.67 Å². The van der Waals surface area contributed by atoms with Gasteiger partial charge in [0.1, 0.15) is 11.3 Å². The van der Waals surface area contributed by atoms with Gasteiger partial charge in [-0.1, -0.05) is 11.6 Å². The van der Waals surface area contributed by atoms with Gasteiger partial charge in [-0.15, -0.1) is 0 Å². The van der Waals surface area contributed by atoms with E-state index in [1.165, 1.54) is 0 Å². The largest absolute Gasteiger partial charge is 0.474 e. The summed E-state index contributed by atoms with van der Waals surface area (Å²) < 4.78 is 13.5. The monoisotopic (exact) mass is 360 g/mol. The molecule has 0 spiro atoms. The fraction of sp³-hybridized carbons (Fsp3) is 0.500. The first-order chi connectivity index (χ1) is 12.1. The lowest BCUT2D eigenvalue weighted by Gasteiger charge is -2.24. The second kappa shape index (κ2) is 6.77. The molecule has 0 saturated carbocycles. The van der Waals surface area contributed by atoms with Gasteiger partial charge in [0.05, 0.1) is 37.2 Å². The highest BCUT2D eigenvalue weighted by Crippen LogP contribution is 2.33. The first-order valence-corrected chi connectivity index (χ1v) is 9.03. The minimum absolute atomic E-state index is 0.101. The number of pyridine rings is 1. The predicted octanol–water partition coefficient (Wildman–Crippen LogP) is 3.42. The van der Waals surface area contributed by atoms with Crippen molar-refractivity contribution in [2.45, 2.75) is 45.4 Å². The minimum Gasteiger partial charge on any atom is -0.474 e. The fourth-order valence-corrected chi connectivity index (χ4v) is 3.38. The lowest BCUT2D eigenvalue weighted by molar-refractivity contribution is 0.0236. The van der Waals surface area contributed by atoms with E-state index in [0.717, 1.165) is 48.5 Å². The van der Waals surface area contributed by atoms with E-state index in [1.54, 1.807) is 0 Å². The third-order valence-corrected chi connectivity index (χ3v) is 4.73. The Kier molecular flexibility index (Phi) is 4.48. The normalized spacial score (nSPS) is 17.7. The van der Waals surface area contributed by atoms with Crippen LogP contribution < -0.4 is 4.74 Å². The van der Waals surface area contributed by atoms with Crippen molar-refractivity contribution in [1.82, 2.24) is 14.8 Å². The average Bonchev–Trinajstić information content (AvgIpc) is 3.22. The van der Waals surface area contributed by atoms with Gasteiger partial charge in [-0.25, -0.2) is 4.98 Å². The van der Waals surface area contributed by atoms with Crippen LogP contribution in [-0.2, 0) is 11.3 Å². The highest BCUT2D eigenvalue weighted by atomic mass is 35.5. The molecule has 0 amide bonds. The van der Waals surface area contributed by atoms with Crippen LogP contribution in [0.2, 0.25) is 5.15 Å². The number of fused-ring (bicyclic) bond motifs is 1. The Morgan fingerprint density at radius 3 is 2.84 bits per heavy atom. The maximum absolute atomic E-state index is 6.20. The molecule has 6 nitrogen and oxygen atoms in total. The number of nitrogens with zero attached hydrogens (tertiary/aromatic N) is 4. The first kappa shape index (κ1) is 16.5. The summed E-state index contributed by atoms with van der Waals surface area (Å²) in [4.78, 5) is 9.15. The quantitative estimate of drug-likeness (QED) is 0.784. The molecule has 0 radical (unpaired) electrons. The van der Waals surface area contributed by atoms with Gasteiger partial charge in [0.15, 0.2) is 0 Å². The molecule has 25 heavy (non-hydrogen) atoms. The molecule has 0 aliphatic carbocycles. The van der Waals surface area contributed by atoms with E-state index in [2.05, 4.69) is 23.9 Å². The van der Waals surface area contributed by atoms with Crippen molar-refractivity contribution in [1.29, 1.82) is 0 Å². The van der Waals surface area contributed by atoms with Gasteiger partial charge in [0.25, 0.3) is 0 Å². The highest BCUT2D eigenvalue weighted by Gasteiger charge is 2.27. The Balaban J connectivity index is 1.69. The van der Waals surface area contributed by atoms with Gasteiger partial charge in [-0.2, -0.15) is 5.10 Å². The second-order valence-corrected chi connectivity index (χ2v) is 7.07. The molecule has 0 aromatic carbocycles. The van der Waals surface area contributed by atoms with Crippen molar-refractivity contribution in [3.8, 4) is 5.88 Å². The molecule has 1 fully saturated rings. The zero-order valence-electron chi connectivity index (χ0n) is 14.4. The number of halogens is 1. The molecule has 2 aliphatic heterocycles. The van der Waals surface area contributed by atoms with Crippen LogP contribution >= 0.6 is 11.6 Å². The summed E-state index contributed by atoms with van der Waals surface area (Å²) in [6, 6.07) is 2.17. The SMILES string of the molecule is CC(C)n1cc(C2=NCc3cc(Cl)nc(OC4CCOCC4)c32)cn1. The molecule has 2 aromatic rings. The van der Waals surface area contributed by atoms with E-state index in [-0.39, 0.29) is 6.10 Å². The zero-order valence-corrected chi connectivity index (χ0v) is 15.2. The third-order valence-electron chi connectivity index (χ3n) is 4.53. The van der Waals surface area contributed by atoms with Gasteiger partial charge in [0, 0.05) is 30.6 Å². The van der Waals surface area contributed by atoms with Crippen LogP contribution in [0.15, 0.2) is 23.5 Å². The lowest BCUT2D eigenvalue weighted by atomic mass is 10.0. The summed E-state index contributed by atoms with van der Waals surface area (Å²) in [5, 5.41) is 4.87.